The van der Waals surface area contributed by atoms with Gasteiger partial charge >= 0.3 is 0 Å². The molecule has 0 radical (unpaired) electrons. The van der Waals surface area contributed by atoms with E-state index in [0.717, 1.165) is 0 Å². The summed E-state index contributed by atoms with van der Waals surface area (Å²) >= 11 is 7.31. The minimum absolute atomic E-state index is 0.199. The summed E-state index contributed by atoms with van der Waals surface area (Å²) in [7, 11) is 0. The van der Waals surface area contributed by atoms with E-state index in [2.05, 4.69) is 13.8 Å². The van der Waals surface area contributed by atoms with E-state index in [4.69, 9.17) is 11.6 Å². The summed E-state index contributed by atoms with van der Waals surface area (Å²) in [5, 5.41) is 0.454. The van der Waals surface area contributed by atoms with Gasteiger partial charge in [-0.05, 0) is 5.92 Å². The topological polar surface area (TPSA) is 17.1 Å². The average molecular weight is 179 g/mol. The Morgan fingerprint density at radius 3 is 2.50 bits per heavy atom. The van der Waals surface area contributed by atoms with Crippen molar-refractivity contribution in [2.45, 2.75) is 30.2 Å². The fourth-order valence-electron chi connectivity index (χ4n) is 0.961. The molecule has 1 aliphatic rings. The number of hydrogen-bond acceptors (Lipinski definition) is 2. The number of rotatable bonds is 1. The molecule has 1 saturated heterocycles. The predicted molar refractivity (Wildman–Crippen MR) is 45.5 cm³/mol. The Balaban J connectivity index is 2.49. The molecule has 0 bridgehead atoms. The van der Waals surface area contributed by atoms with E-state index >= 15 is 0 Å². The van der Waals surface area contributed by atoms with Gasteiger partial charge in [0.25, 0.3) is 0 Å². The van der Waals surface area contributed by atoms with Crippen LogP contribution in [0.25, 0.3) is 0 Å². The van der Waals surface area contributed by atoms with Crippen molar-refractivity contribution >= 4 is 29.1 Å². The van der Waals surface area contributed by atoms with Gasteiger partial charge in [-0.25, -0.2) is 0 Å². The van der Waals surface area contributed by atoms with Crippen LogP contribution in [0, 0.1) is 5.92 Å². The zero-order chi connectivity index (χ0) is 7.72. The largest absolute Gasteiger partial charge is 0.297 e. The van der Waals surface area contributed by atoms with Crippen LogP contribution >= 0.6 is 23.4 Å². The molecule has 0 aromatic carbocycles. The van der Waals surface area contributed by atoms with E-state index in [-0.39, 0.29) is 10.5 Å². The molecule has 1 aliphatic heterocycles. The summed E-state index contributed by atoms with van der Waals surface area (Å²) in [5.74, 6) is 0.767. The number of hydrogen-bond donors (Lipinski definition) is 0. The summed E-state index contributed by atoms with van der Waals surface area (Å²) in [6.07, 6.45) is 0.663. The number of carbonyl (C=O) groups is 1. The van der Waals surface area contributed by atoms with E-state index in [1.807, 2.05) is 0 Å². The predicted octanol–water partition coefficient (Wildman–Crippen LogP) is 2.28. The second-order valence-corrected chi connectivity index (χ2v) is 4.95. The smallest absolute Gasteiger partial charge is 0.161 e. The van der Waals surface area contributed by atoms with Crippen LogP contribution in [-0.4, -0.2) is 15.7 Å². The summed E-state index contributed by atoms with van der Waals surface area (Å²) in [4.78, 5) is 10.9. The molecular weight excluding hydrogens is 168 g/mol. The molecule has 58 valence electrons. The third-order valence-electron chi connectivity index (χ3n) is 1.69. The van der Waals surface area contributed by atoms with Gasteiger partial charge in [0.1, 0.15) is 4.71 Å². The molecule has 0 spiro atoms. The van der Waals surface area contributed by atoms with Crippen LogP contribution in [0.5, 0.6) is 0 Å². The maximum atomic E-state index is 10.9. The highest BCUT2D eigenvalue weighted by Crippen LogP contribution is 2.37. The molecule has 0 aromatic heterocycles. The molecular formula is C7H11ClOS. The SMILES string of the molecule is CC(C)C1CC(=O)C(Cl)S1. The fraction of sp³-hybridized carbons (Fsp3) is 0.857. The number of Topliss-reactive ketones (excluding diaryl/α,β-unsaturated/α-hetero) is 1. The second-order valence-electron chi connectivity index (χ2n) is 2.91. The third-order valence-corrected chi connectivity index (χ3v) is 3.81. The monoisotopic (exact) mass is 178 g/mol. The molecule has 1 nitrogen and oxygen atoms in total. The number of alkyl halides is 1. The molecule has 1 rings (SSSR count). The lowest BCUT2D eigenvalue weighted by Crippen LogP contribution is -2.07. The van der Waals surface area contributed by atoms with E-state index in [1.54, 1.807) is 11.8 Å². The Bertz CT molecular complexity index is 147. The molecule has 0 aromatic rings. The first-order valence-electron chi connectivity index (χ1n) is 3.43. The maximum absolute atomic E-state index is 10.9. The van der Waals surface area contributed by atoms with Crippen molar-refractivity contribution in [1.82, 2.24) is 0 Å². The quantitative estimate of drug-likeness (QED) is 0.574. The van der Waals surface area contributed by atoms with Crippen LogP contribution in [-0.2, 0) is 4.79 Å². The van der Waals surface area contributed by atoms with Crippen molar-refractivity contribution < 1.29 is 4.79 Å². The Hall–Kier alpha value is 0.310. The van der Waals surface area contributed by atoms with Gasteiger partial charge in [0, 0.05) is 11.7 Å². The Kier molecular flexibility index (Phi) is 2.64. The highest BCUT2D eigenvalue weighted by atomic mass is 35.5. The van der Waals surface area contributed by atoms with E-state index < -0.39 is 0 Å². The number of thioether (sulfide) groups is 1. The van der Waals surface area contributed by atoms with Crippen LogP contribution in [0.15, 0.2) is 0 Å². The average Bonchev–Trinajstić information content (AvgIpc) is 2.13. The summed E-state index contributed by atoms with van der Waals surface area (Å²) in [6, 6.07) is 0. The van der Waals surface area contributed by atoms with E-state index in [9.17, 15) is 4.79 Å². The van der Waals surface area contributed by atoms with Crippen molar-refractivity contribution in [2.75, 3.05) is 0 Å². The fourth-order valence-corrected chi connectivity index (χ4v) is 2.58. The molecule has 3 heteroatoms. The van der Waals surface area contributed by atoms with Crippen molar-refractivity contribution in [1.29, 1.82) is 0 Å². The zero-order valence-electron chi connectivity index (χ0n) is 6.13. The highest BCUT2D eigenvalue weighted by Gasteiger charge is 2.32. The van der Waals surface area contributed by atoms with E-state index in [0.29, 0.717) is 17.6 Å². The van der Waals surface area contributed by atoms with Gasteiger partial charge in [-0.1, -0.05) is 13.8 Å². The standard InChI is InChI=1S/C7H11ClOS/c1-4(2)6-3-5(9)7(8)10-6/h4,6-7H,3H2,1-2H3. The summed E-state index contributed by atoms with van der Waals surface area (Å²) in [5.41, 5.74) is 0. The van der Waals surface area contributed by atoms with Crippen molar-refractivity contribution in [3.63, 3.8) is 0 Å². The first kappa shape index (κ1) is 8.41. The van der Waals surface area contributed by atoms with Gasteiger partial charge in [0.05, 0.1) is 0 Å². The normalized spacial score (nSPS) is 33.8. The first-order valence-corrected chi connectivity index (χ1v) is 4.81. The maximum Gasteiger partial charge on any atom is 0.161 e. The minimum atomic E-state index is -0.271. The molecule has 0 saturated carbocycles. The molecule has 1 heterocycles. The zero-order valence-corrected chi connectivity index (χ0v) is 7.71. The van der Waals surface area contributed by atoms with Gasteiger partial charge in [0.15, 0.2) is 5.78 Å². The lowest BCUT2D eigenvalue weighted by atomic mass is 10.1. The summed E-state index contributed by atoms with van der Waals surface area (Å²) < 4.78 is -0.271. The van der Waals surface area contributed by atoms with Crippen LogP contribution < -0.4 is 0 Å². The number of halogens is 1. The number of ketones is 1. The van der Waals surface area contributed by atoms with Crippen molar-refractivity contribution in [3.05, 3.63) is 0 Å². The molecule has 2 atom stereocenters. The van der Waals surface area contributed by atoms with Crippen molar-refractivity contribution in [3.8, 4) is 0 Å². The minimum Gasteiger partial charge on any atom is -0.297 e. The Morgan fingerprint density at radius 1 is 1.70 bits per heavy atom. The highest BCUT2D eigenvalue weighted by molar-refractivity contribution is 8.03. The second kappa shape index (κ2) is 3.14. The van der Waals surface area contributed by atoms with Crippen LogP contribution in [0.4, 0.5) is 0 Å². The molecule has 0 aliphatic carbocycles. The molecule has 10 heavy (non-hydrogen) atoms. The molecule has 0 N–H and O–H groups in total. The van der Waals surface area contributed by atoms with Crippen LogP contribution in [0.2, 0.25) is 0 Å². The summed E-state index contributed by atoms with van der Waals surface area (Å²) in [6.45, 7) is 4.25. The van der Waals surface area contributed by atoms with Crippen molar-refractivity contribution in [2.24, 2.45) is 5.92 Å². The lowest BCUT2D eigenvalue weighted by molar-refractivity contribution is -0.116. The number of carbonyl (C=O) groups excluding carboxylic acids is 1. The third kappa shape index (κ3) is 1.67. The van der Waals surface area contributed by atoms with Crippen LogP contribution in [0.1, 0.15) is 20.3 Å². The molecule has 2 unspecified atom stereocenters. The van der Waals surface area contributed by atoms with Gasteiger partial charge in [-0.3, -0.25) is 4.79 Å². The van der Waals surface area contributed by atoms with E-state index in [1.165, 1.54) is 0 Å². The van der Waals surface area contributed by atoms with Gasteiger partial charge in [-0.15, -0.1) is 23.4 Å². The first-order chi connectivity index (χ1) is 4.61. The molecule has 1 fully saturated rings. The van der Waals surface area contributed by atoms with Gasteiger partial charge < -0.3 is 0 Å². The molecule has 0 amide bonds. The Labute approximate surface area is 70.5 Å². The lowest BCUT2D eigenvalue weighted by Gasteiger charge is -2.10. The van der Waals surface area contributed by atoms with Gasteiger partial charge in [0.2, 0.25) is 0 Å². The van der Waals surface area contributed by atoms with Crippen LogP contribution in [0.3, 0.4) is 0 Å². The van der Waals surface area contributed by atoms with Gasteiger partial charge in [-0.2, -0.15) is 0 Å². The Morgan fingerprint density at radius 2 is 2.30 bits per heavy atom.